The minimum absolute atomic E-state index is 1.34. The first-order chi connectivity index (χ1) is 8.24. The monoisotopic (exact) mass is 246 g/mol. The van der Waals surface area contributed by atoms with Crippen molar-refractivity contribution in [2.45, 2.75) is 113 Å². The molecule has 0 heteroatoms. The van der Waals surface area contributed by atoms with Crippen LogP contribution in [0.5, 0.6) is 0 Å². The Morgan fingerprint density at radius 2 is 0.471 bits per heavy atom. The van der Waals surface area contributed by atoms with Crippen LogP contribution in [0.4, 0.5) is 0 Å². The first-order valence-corrected chi connectivity index (χ1v) is 8.24. The molecule has 0 aromatic rings. The highest BCUT2D eigenvalue weighted by molar-refractivity contribution is 4.25. The van der Waals surface area contributed by atoms with Crippen LogP contribution in [-0.2, 0) is 0 Å². The molecule has 0 atom stereocenters. The van der Waals surface area contributed by atoms with Gasteiger partial charge in [0.15, 0.2) is 0 Å². The third-order valence-corrected chi connectivity index (χ3v) is 2.12. The van der Waals surface area contributed by atoms with Gasteiger partial charge in [0.1, 0.15) is 0 Å². The van der Waals surface area contributed by atoms with Crippen molar-refractivity contribution in [2.24, 2.45) is 0 Å². The van der Waals surface area contributed by atoms with Crippen LogP contribution in [0.15, 0.2) is 0 Å². The normalized spacial score (nSPS) is 7.76. The summed E-state index contributed by atoms with van der Waals surface area (Å²) in [5, 5.41) is 0. The number of hydrogen-bond acceptors (Lipinski definition) is 0. The molecule has 0 nitrogen and oxygen atoms in total. The maximum Gasteiger partial charge on any atom is -0.0538 e. The van der Waals surface area contributed by atoms with Gasteiger partial charge < -0.3 is 0 Å². The van der Waals surface area contributed by atoms with Crippen LogP contribution in [0, 0.1) is 0 Å². The van der Waals surface area contributed by atoms with E-state index in [0.717, 1.165) is 0 Å². The van der Waals surface area contributed by atoms with Gasteiger partial charge in [-0.05, 0) is 0 Å². The van der Waals surface area contributed by atoms with Gasteiger partial charge in [0, 0.05) is 0 Å². The Morgan fingerprint density at radius 1 is 0.353 bits per heavy atom. The van der Waals surface area contributed by atoms with E-state index in [2.05, 4.69) is 41.5 Å². The topological polar surface area (TPSA) is 0 Å². The number of hydrogen-bond donors (Lipinski definition) is 0. The average molecular weight is 247 g/mol. The molecule has 0 spiro atoms. The summed E-state index contributed by atoms with van der Waals surface area (Å²) in [7, 11) is 0. The quantitative estimate of drug-likeness (QED) is 0.452. The Kier molecular flexibility index (Phi) is 67.3. The maximum absolute atomic E-state index is 2.21. The van der Waals surface area contributed by atoms with E-state index in [1.54, 1.807) is 0 Å². The molecule has 110 valence electrons. The SMILES string of the molecule is CC.CCCCC.CCCCC.CCCCC. The van der Waals surface area contributed by atoms with Gasteiger partial charge in [-0.15, -0.1) is 0 Å². The molecule has 0 aliphatic rings. The molecule has 17 heavy (non-hydrogen) atoms. The first kappa shape index (κ1) is 25.8. The van der Waals surface area contributed by atoms with Crippen molar-refractivity contribution in [1.29, 1.82) is 0 Å². The van der Waals surface area contributed by atoms with E-state index in [1.165, 1.54) is 57.8 Å². The molecule has 0 N–H and O–H groups in total. The number of rotatable bonds is 6. The summed E-state index contributed by atoms with van der Waals surface area (Å²) in [5.74, 6) is 0. The molecule has 0 aromatic heterocycles. The molecule has 0 aromatic carbocycles. The van der Waals surface area contributed by atoms with Gasteiger partial charge in [-0.2, -0.15) is 0 Å². The van der Waals surface area contributed by atoms with Gasteiger partial charge in [-0.1, -0.05) is 113 Å². The van der Waals surface area contributed by atoms with Gasteiger partial charge in [-0.25, -0.2) is 0 Å². The molecule has 0 rings (SSSR count). The van der Waals surface area contributed by atoms with Crippen LogP contribution in [0.3, 0.4) is 0 Å². The van der Waals surface area contributed by atoms with Crippen LogP contribution < -0.4 is 0 Å². The molecule has 0 aliphatic carbocycles. The lowest BCUT2D eigenvalue weighted by Crippen LogP contribution is -1.59. The van der Waals surface area contributed by atoms with E-state index in [1.807, 2.05) is 13.8 Å². The zero-order valence-corrected chi connectivity index (χ0v) is 14.4. The van der Waals surface area contributed by atoms with E-state index in [0.29, 0.717) is 0 Å². The summed E-state index contributed by atoms with van der Waals surface area (Å²) in [6.07, 6.45) is 12.2. The Hall–Kier alpha value is 0. The first-order valence-electron chi connectivity index (χ1n) is 8.24. The van der Waals surface area contributed by atoms with E-state index >= 15 is 0 Å². The maximum atomic E-state index is 2.21. The smallest absolute Gasteiger partial charge is 0.0538 e. The molecular weight excluding hydrogens is 204 g/mol. The fourth-order valence-electron chi connectivity index (χ4n) is 1.06. The second-order valence-electron chi connectivity index (χ2n) is 4.06. The van der Waals surface area contributed by atoms with Crippen molar-refractivity contribution >= 4 is 0 Å². The highest BCUT2D eigenvalue weighted by atomic mass is 13.8. The zero-order valence-electron chi connectivity index (χ0n) is 14.4. The molecular formula is C17H42. The predicted molar refractivity (Wildman–Crippen MR) is 86.9 cm³/mol. The largest absolute Gasteiger partial charge is 0.0683 e. The fourth-order valence-corrected chi connectivity index (χ4v) is 1.06. The molecule has 0 aliphatic heterocycles. The third kappa shape index (κ3) is 87.1. The second-order valence-corrected chi connectivity index (χ2v) is 4.06. The van der Waals surface area contributed by atoms with Crippen LogP contribution >= 0.6 is 0 Å². The molecule has 0 unspecified atom stereocenters. The second kappa shape index (κ2) is 44.4. The molecule has 0 heterocycles. The summed E-state index contributed by atoms with van der Waals surface area (Å²) < 4.78 is 0. The zero-order chi connectivity index (χ0) is 14.4. The minimum atomic E-state index is 1.34. The van der Waals surface area contributed by atoms with Crippen molar-refractivity contribution in [3.05, 3.63) is 0 Å². The third-order valence-electron chi connectivity index (χ3n) is 2.12. The summed E-state index contributed by atoms with van der Waals surface area (Å²) in [5.41, 5.74) is 0. The summed E-state index contributed by atoms with van der Waals surface area (Å²) in [4.78, 5) is 0. The fraction of sp³-hybridized carbons (Fsp3) is 1.00. The molecule has 0 fully saturated rings. The highest BCUT2D eigenvalue weighted by Crippen LogP contribution is 1.89. The van der Waals surface area contributed by atoms with Gasteiger partial charge >= 0.3 is 0 Å². The standard InChI is InChI=1S/3C5H12.C2H6/c3*1-3-5-4-2;1-2/h3*3-5H2,1-2H3;1-2H3. The molecule has 0 saturated heterocycles. The Balaban J connectivity index is -0.0000000693. The lowest BCUT2D eigenvalue weighted by atomic mass is 10.3. The van der Waals surface area contributed by atoms with E-state index in [-0.39, 0.29) is 0 Å². The van der Waals surface area contributed by atoms with Crippen molar-refractivity contribution in [2.75, 3.05) is 0 Å². The van der Waals surface area contributed by atoms with E-state index in [9.17, 15) is 0 Å². The summed E-state index contributed by atoms with van der Waals surface area (Å²) in [6.45, 7) is 17.3. The molecule has 0 radical (unpaired) electrons. The summed E-state index contributed by atoms with van der Waals surface area (Å²) >= 11 is 0. The lowest BCUT2D eigenvalue weighted by Gasteiger charge is -1.79. The Morgan fingerprint density at radius 3 is 0.471 bits per heavy atom. The van der Waals surface area contributed by atoms with Gasteiger partial charge in [0.2, 0.25) is 0 Å². The lowest BCUT2D eigenvalue weighted by molar-refractivity contribution is 0.772. The van der Waals surface area contributed by atoms with Gasteiger partial charge in [-0.3, -0.25) is 0 Å². The predicted octanol–water partition coefficient (Wildman–Crippen LogP) is 7.62. The Bertz CT molecular complexity index is 36.8. The van der Waals surface area contributed by atoms with Crippen molar-refractivity contribution in [3.63, 3.8) is 0 Å². The highest BCUT2D eigenvalue weighted by Gasteiger charge is 1.69. The van der Waals surface area contributed by atoms with E-state index in [4.69, 9.17) is 0 Å². The van der Waals surface area contributed by atoms with Crippen LogP contribution in [0.25, 0.3) is 0 Å². The molecule has 0 amide bonds. The average Bonchev–Trinajstić information content (AvgIpc) is 2.36. The van der Waals surface area contributed by atoms with Crippen molar-refractivity contribution in [1.82, 2.24) is 0 Å². The number of unbranched alkanes of at least 4 members (excludes halogenated alkanes) is 6. The minimum Gasteiger partial charge on any atom is -0.0683 e. The van der Waals surface area contributed by atoms with Crippen molar-refractivity contribution in [3.8, 4) is 0 Å². The summed E-state index contributed by atoms with van der Waals surface area (Å²) in [6, 6.07) is 0. The van der Waals surface area contributed by atoms with Crippen LogP contribution in [-0.4, -0.2) is 0 Å². The Labute approximate surface area is 114 Å². The van der Waals surface area contributed by atoms with Crippen molar-refractivity contribution < 1.29 is 0 Å². The van der Waals surface area contributed by atoms with Crippen LogP contribution in [0.2, 0.25) is 0 Å². The van der Waals surface area contributed by atoms with Crippen LogP contribution in [0.1, 0.15) is 113 Å². The van der Waals surface area contributed by atoms with Gasteiger partial charge in [0.25, 0.3) is 0 Å². The van der Waals surface area contributed by atoms with E-state index < -0.39 is 0 Å². The van der Waals surface area contributed by atoms with Gasteiger partial charge in [0.05, 0.1) is 0 Å². The molecule has 0 bridgehead atoms. The molecule has 0 saturated carbocycles.